The van der Waals surface area contributed by atoms with Crippen LogP contribution in [0.4, 0.5) is 4.39 Å². The minimum absolute atomic E-state index is 0.0526. The van der Waals surface area contributed by atoms with Crippen molar-refractivity contribution in [3.63, 3.8) is 0 Å². The third-order valence-corrected chi connectivity index (χ3v) is 5.46. The monoisotopic (exact) mass is 354 g/mol. The average Bonchev–Trinajstić information content (AvgIpc) is 3.24. The molecule has 1 unspecified atom stereocenters. The number of hydrogen-bond donors (Lipinski definition) is 1. The van der Waals surface area contributed by atoms with E-state index in [-0.39, 0.29) is 23.8 Å². The van der Waals surface area contributed by atoms with Crippen molar-refractivity contribution in [2.75, 3.05) is 13.7 Å². The van der Waals surface area contributed by atoms with Gasteiger partial charge in [-0.1, -0.05) is 24.3 Å². The van der Waals surface area contributed by atoms with Crippen LogP contribution in [0.5, 0.6) is 5.75 Å². The van der Waals surface area contributed by atoms with E-state index in [4.69, 9.17) is 4.74 Å². The van der Waals surface area contributed by atoms with E-state index in [0.29, 0.717) is 30.8 Å². The number of carbonyl (C=O) groups excluding carboxylic acids is 1. The number of likely N-dealkylation sites (tertiary alicyclic amines) is 1. The molecule has 4 nitrogen and oxygen atoms in total. The molecule has 0 radical (unpaired) electrons. The number of halogens is 1. The molecule has 1 saturated heterocycles. The van der Waals surface area contributed by atoms with Gasteiger partial charge in [-0.2, -0.15) is 0 Å². The summed E-state index contributed by atoms with van der Waals surface area (Å²) in [6.07, 6.45) is 2.33. The summed E-state index contributed by atoms with van der Waals surface area (Å²) in [5.74, 6) is 0.563. The molecule has 136 valence electrons. The number of amides is 1. The molecule has 1 N–H and O–H groups in total. The predicted octanol–water partition coefficient (Wildman–Crippen LogP) is 2.69. The first-order valence-electron chi connectivity index (χ1n) is 9.06. The number of ether oxygens (including phenoxy) is 1. The number of nitrogens with one attached hydrogen (secondary N) is 1. The first kappa shape index (κ1) is 17.0. The molecule has 4 rings (SSSR count). The highest BCUT2D eigenvalue weighted by molar-refractivity contribution is 5.80. The van der Waals surface area contributed by atoms with Gasteiger partial charge in [-0.25, -0.2) is 4.39 Å². The Morgan fingerprint density at radius 2 is 1.88 bits per heavy atom. The number of hydrogen-bond acceptors (Lipinski definition) is 3. The summed E-state index contributed by atoms with van der Waals surface area (Å²) in [6, 6.07) is 13.4. The third kappa shape index (κ3) is 3.31. The summed E-state index contributed by atoms with van der Waals surface area (Å²) in [5, 5.41) is 3.34. The number of fused-ring (bicyclic) bond motifs is 1. The summed E-state index contributed by atoms with van der Waals surface area (Å²) in [6.45, 7) is 1.07. The quantitative estimate of drug-likeness (QED) is 0.898. The molecule has 0 bridgehead atoms. The average molecular weight is 354 g/mol. The van der Waals surface area contributed by atoms with E-state index in [9.17, 15) is 9.18 Å². The Kier molecular flexibility index (Phi) is 4.64. The van der Waals surface area contributed by atoms with Gasteiger partial charge in [0.05, 0.1) is 7.11 Å². The molecule has 1 fully saturated rings. The molecule has 1 aliphatic heterocycles. The third-order valence-electron chi connectivity index (χ3n) is 5.46. The molecule has 0 aromatic heterocycles. The van der Waals surface area contributed by atoms with Crippen molar-refractivity contribution in [2.45, 2.75) is 37.9 Å². The highest BCUT2D eigenvalue weighted by Gasteiger charge is 2.36. The van der Waals surface area contributed by atoms with Crippen LogP contribution in [-0.4, -0.2) is 36.5 Å². The van der Waals surface area contributed by atoms with Crippen molar-refractivity contribution in [1.82, 2.24) is 10.2 Å². The standard InChI is InChI=1S/C21H23FN2O2/c1-26-19-6-7-20(22)16(10-19)12-23-17-11-21(25)24(13-17)18-8-14-4-2-3-5-15(14)9-18/h2-7,10,17-18,23H,8-9,11-13H2,1H3. The zero-order valence-corrected chi connectivity index (χ0v) is 14.9. The molecule has 2 aromatic carbocycles. The van der Waals surface area contributed by atoms with Gasteiger partial charge in [-0.05, 0) is 42.2 Å². The number of nitrogens with zero attached hydrogens (tertiary/aromatic N) is 1. The second-order valence-electron chi connectivity index (χ2n) is 7.12. The Morgan fingerprint density at radius 3 is 2.58 bits per heavy atom. The first-order valence-corrected chi connectivity index (χ1v) is 9.06. The minimum atomic E-state index is -0.259. The Balaban J connectivity index is 1.37. The molecule has 1 amide bonds. The van der Waals surface area contributed by atoms with Gasteiger partial charge in [0.2, 0.25) is 5.91 Å². The van der Waals surface area contributed by atoms with Crippen molar-refractivity contribution < 1.29 is 13.9 Å². The molecule has 26 heavy (non-hydrogen) atoms. The van der Waals surface area contributed by atoms with Crippen LogP contribution in [0, 0.1) is 5.82 Å². The van der Waals surface area contributed by atoms with Crippen LogP contribution < -0.4 is 10.1 Å². The second-order valence-corrected chi connectivity index (χ2v) is 7.12. The van der Waals surface area contributed by atoms with E-state index in [1.165, 1.54) is 17.2 Å². The molecular weight excluding hydrogens is 331 g/mol. The van der Waals surface area contributed by atoms with Crippen LogP contribution in [0.3, 0.4) is 0 Å². The Bertz CT molecular complexity index is 798. The molecule has 0 spiro atoms. The molecule has 0 saturated carbocycles. The maximum Gasteiger partial charge on any atom is 0.224 e. The van der Waals surface area contributed by atoms with Crippen LogP contribution in [0.1, 0.15) is 23.1 Å². The highest BCUT2D eigenvalue weighted by atomic mass is 19.1. The summed E-state index contributed by atoms with van der Waals surface area (Å²) < 4.78 is 19.1. The van der Waals surface area contributed by atoms with Gasteiger partial charge < -0.3 is 15.0 Å². The van der Waals surface area contributed by atoms with Crippen molar-refractivity contribution in [3.8, 4) is 5.75 Å². The predicted molar refractivity (Wildman–Crippen MR) is 97.5 cm³/mol. The second kappa shape index (κ2) is 7.08. The molecule has 1 atom stereocenters. The van der Waals surface area contributed by atoms with Gasteiger partial charge >= 0.3 is 0 Å². The molecule has 2 aromatic rings. The van der Waals surface area contributed by atoms with Gasteiger partial charge in [-0.3, -0.25) is 4.79 Å². The van der Waals surface area contributed by atoms with Crippen LogP contribution in [0.25, 0.3) is 0 Å². The number of methoxy groups -OCH3 is 1. The topological polar surface area (TPSA) is 41.6 Å². The van der Waals surface area contributed by atoms with Gasteiger partial charge in [0.1, 0.15) is 11.6 Å². The van der Waals surface area contributed by atoms with E-state index >= 15 is 0 Å². The Hall–Kier alpha value is -2.40. The lowest BCUT2D eigenvalue weighted by atomic mass is 10.1. The lowest BCUT2D eigenvalue weighted by molar-refractivity contribution is -0.129. The summed E-state index contributed by atoms with van der Waals surface area (Å²) in [5.41, 5.74) is 3.25. The summed E-state index contributed by atoms with van der Waals surface area (Å²) in [4.78, 5) is 14.5. The van der Waals surface area contributed by atoms with Crippen molar-refractivity contribution in [1.29, 1.82) is 0 Å². The van der Waals surface area contributed by atoms with Crippen LogP contribution in [0.15, 0.2) is 42.5 Å². The van der Waals surface area contributed by atoms with E-state index in [1.54, 1.807) is 19.2 Å². The molecular formula is C21H23FN2O2. The van der Waals surface area contributed by atoms with Gasteiger partial charge in [0.25, 0.3) is 0 Å². The van der Waals surface area contributed by atoms with E-state index in [2.05, 4.69) is 29.6 Å². The molecule has 5 heteroatoms. The Morgan fingerprint density at radius 1 is 1.15 bits per heavy atom. The van der Waals surface area contributed by atoms with Crippen LogP contribution >= 0.6 is 0 Å². The van der Waals surface area contributed by atoms with Crippen molar-refractivity contribution >= 4 is 5.91 Å². The van der Waals surface area contributed by atoms with Gasteiger partial charge in [0, 0.05) is 37.2 Å². The lowest BCUT2D eigenvalue weighted by Gasteiger charge is -2.24. The number of carbonyl (C=O) groups is 1. The summed E-state index contributed by atoms with van der Waals surface area (Å²) >= 11 is 0. The lowest BCUT2D eigenvalue weighted by Crippen LogP contribution is -2.39. The van der Waals surface area contributed by atoms with Crippen LogP contribution in [-0.2, 0) is 24.2 Å². The van der Waals surface area contributed by atoms with Gasteiger partial charge in [0.15, 0.2) is 0 Å². The summed E-state index contributed by atoms with van der Waals surface area (Å²) in [7, 11) is 1.57. The normalized spacial score (nSPS) is 19.8. The highest BCUT2D eigenvalue weighted by Crippen LogP contribution is 2.28. The zero-order valence-electron chi connectivity index (χ0n) is 14.9. The van der Waals surface area contributed by atoms with Crippen LogP contribution in [0.2, 0.25) is 0 Å². The SMILES string of the molecule is COc1ccc(F)c(CNC2CC(=O)N(C3Cc4ccccc4C3)C2)c1. The molecule has 2 aliphatic rings. The maximum absolute atomic E-state index is 14.0. The number of benzene rings is 2. The smallest absolute Gasteiger partial charge is 0.224 e. The maximum atomic E-state index is 14.0. The van der Waals surface area contributed by atoms with Gasteiger partial charge in [-0.15, -0.1) is 0 Å². The fraction of sp³-hybridized carbons (Fsp3) is 0.381. The zero-order chi connectivity index (χ0) is 18.1. The molecule has 1 aliphatic carbocycles. The minimum Gasteiger partial charge on any atom is -0.497 e. The largest absolute Gasteiger partial charge is 0.497 e. The Labute approximate surface area is 153 Å². The number of rotatable bonds is 5. The first-order chi connectivity index (χ1) is 12.6. The van der Waals surface area contributed by atoms with Crippen molar-refractivity contribution in [3.05, 3.63) is 65.0 Å². The fourth-order valence-corrected chi connectivity index (χ4v) is 4.05. The van der Waals surface area contributed by atoms with E-state index in [0.717, 1.165) is 12.8 Å². The van der Waals surface area contributed by atoms with Crippen molar-refractivity contribution in [2.24, 2.45) is 0 Å². The molecule has 1 heterocycles. The van der Waals surface area contributed by atoms with E-state index in [1.807, 2.05) is 4.90 Å². The fourth-order valence-electron chi connectivity index (χ4n) is 4.05. The van der Waals surface area contributed by atoms with E-state index < -0.39 is 0 Å².